The molecule has 5 nitrogen and oxygen atoms in total. The van der Waals surface area contributed by atoms with Crippen molar-refractivity contribution in [2.75, 3.05) is 13.1 Å². The molecule has 0 radical (unpaired) electrons. The number of piperidine rings is 1. The van der Waals surface area contributed by atoms with Gasteiger partial charge in [0.25, 0.3) is 0 Å². The van der Waals surface area contributed by atoms with Gasteiger partial charge in [-0.05, 0) is 6.07 Å². The van der Waals surface area contributed by atoms with Gasteiger partial charge in [0.2, 0.25) is 5.91 Å². The molecule has 2 aromatic rings. The molecule has 2 aromatic carbocycles. The third-order valence-electron chi connectivity index (χ3n) is 5.51. The second-order valence-electron chi connectivity index (χ2n) is 7.10. The number of likely N-dealkylation sites (tertiary alicyclic amines) is 1. The molecule has 27 heavy (non-hydrogen) atoms. The summed E-state index contributed by atoms with van der Waals surface area (Å²) < 4.78 is 5.71. The highest BCUT2D eigenvalue weighted by molar-refractivity contribution is 5.98. The first-order valence-electron chi connectivity index (χ1n) is 9.28. The third kappa shape index (κ3) is 3.25. The number of Topliss-reactive ketones (excluding diaryl/α,β-unsaturated/α-hetero) is 1. The first-order valence-corrected chi connectivity index (χ1v) is 9.28. The minimum Gasteiger partial charge on any atom is -0.450 e. The summed E-state index contributed by atoms with van der Waals surface area (Å²) in [6.07, 6.45) is 1.60. The summed E-state index contributed by atoms with van der Waals surface area (Å²) in [6, 6.07) is 16.5. The van der Waals surface area contributed by atoms with E-state index in [0.717, 1.165) is 5.56 Å². The number of carbonyl (C=O) groups is 3. The molecule has 1 saturated heterocycles. The van der Waals surface area contributed by atoms with Gasteiger partial charge in [0, 0.05) is 49.9 Å². The van der Waals surface area contributed by atoms with Gasteiger partial charge in [-0.3, -0.25) is 9.59 Å². The van der Waals surface area contributed by atoms with Crippen molar-refractivity contribution in [3.63, 3.8) is 0 Å². The molecule has 5 heteroatoms. The Bertz CT molecular complexity index is 882. The van der Waals surface area contributed by atoms with Gasteiger partial charge < -0.3 is 9.64 Å². The van der Waals surface area contributed by atoms with Crippen molar-refractivity contribution in [2.24, 2.45) is 0 Å². The molecule has 1 spiro atoms. The van der Waals surface area contributed by atoms with Crippen LogP contribution >= 0.6 is 0 Å². The number of ether oxygens (including phenoxy) is 1. The summed E-state index contributed by atoms with van der Waals surface area (Å²) in [5, 5.41) is 0. The van der Waals surface area contributed by atoms with Crippen molar-refractivity contribution in [3.8, 4) is 0 Å². The number of rotatable bonds is 4. The molecule has 0 bridgehead atoms. The summed E-state index contributed by atoms with van der Waals surface area (Å²) in [5.74, 6) is -0.318. The normalized spacial score (nSPS) is 17.5. The molecule has 2 aliphatic heterocycles. The average molecular weight is 363 g/mol. The molecule has 2 heterocycles. The number of amides is 1. The lowest BCUT2D eigenvalue weighted by molar-refractivity contribution is -0.135. The minimum absolute atomic E-state index is 0.0175. The quantitative estimate of drug-likeness (QED) is 0.617. The average Bonchev–Trinajstić information content (AvgIpc) is 2.99. The van der Waals surface area contributed by atoms with Crippen molar-refractivity contribution in [2.45, 2.75) is 31.3 Å². The van der Waals surface area contributed by atoms with Crippen LogP contribution in [0.5, 0.6) is 0 Å². The summed E-state index contributed by atoms with van der Waals surface area (Å²) in [5.41, 5.74) is 1.59. The van der Waals surface area contributed by atoms with E-state index in [1.165, 1.54) is 0 Å². The lowest BCUT2D eigenvalue weighted by atomic mass is 9.83. The van der Waals surface area contributed by atoms with Gasteiger partial charge in [0.15, 0.2) is 5.78 Å². The molecule has 2 aliphatic rings. The molecule has 0 saturated carbocycles. The molecule has 0 N–H and O–H groups in total. The van der Waals surface area contributed by atoms with E-state index in [0.29, 0.717) is 37.1 Å². The predicted octanol–water partition coefficient (Wildman–Crippen LogP) is 3.34. The molecule has 4 rings (SSSR count). The summed E-state index contributed by atoms with van der Waals surface area (Å²) in [6.45, 7) is 1.06. The maximum absolute atomic E-state index is 12.5. The van der Waals surface area contributed by atoms with Crippen molar-refractivity contribution < 1.29 is 19.1 Å². The zero-order valence-electron chi connectivity index (χ0n) is 15.0. The molecule has 0 aliphatic carbocycles. The van der Waals surface area contributed by atoms with E-state index < -0.39 is 5.60 Å². The Morgan fingerprint density at radius 1 is 0.926 bits per heavy atom. The van der Waals surface area contributed by atoms with Crippen LogP contribution in [0.2, 0.25) is 0 Å². The van der Waals surface area contributed by atoms with Gasteiger partial charge in [0.1, 0.15) is 5.60 Å². The lowest BCUT2D eigenvalue weighted by Gasteiger charge is -2.38. The Morgan fingerprint density at radius 3 is 2.33 bits per heavy atom. The SMILES string of the molecule is O=C(CCC(=O)N1CCC2(CC1)OC(=O)c1ccccc12)c1ccccc1. The minimum atomic E-state index is -0.607. The number of ketones is 1. The second-order valence-corrected chi connectivity index (χ2v) is 7.10. The van der Waals surface area contributed by atoms with Crippen molar-refractivity contribution in [3.05, 3.63) is 71.3 Å². The number of hydrogen-bond acceptors (Lipinski definition) is 4. The second kappa shape index (κ2) is 6.99. The van der Waals surface area contributed by atoms with E-state index >= 15 is 0 Å². The predicted molar refractivity (Wildman–Crippen MR) is 99.4 cm³/mol. The number of carbonyl (C=O) groups excluding carboxylic acids is 3. The smallest absolute Gasteiger partial charge is 0.339 e. The van der Waals surface area contributed by atoms with Crippen LogP contribution < -0.4 is 0 Å². The number of esters is 1. The number of fused-ring (bicyclic) bond motifs is 2. The summed E-state index contributed by atoms with van der Waals surface area (Å²) >= 11 is 0. The van der Waals surface area contributed by atoms with Gasteiger partial charge in [-0.2, -0.15) is 0 Å². The van der Waals surface area contributed by atoms with E-state index in [1.807, 2.05) is 36.4 Å². The molecule has 138 valence electrons. The largest absolute Gasteiger partial charge is 0.450 e. The summed E-state index contributed by atoms with van der Waals surface area (Å²) in [4.78, 5) is 38.6. The highest BCUT2D eigenvalue weighted by Crippen LogP contribution is 2.43. The maximum atomic E-state index is 12.5. The van der Waals surface area contributed by atoms with Gasteiger partial charge in [-0.1, -0.05) is 48.5 Å². The van der Waals surface area contributed by atoms with Gasteiger partial charge in [-0.15, -0.1) is 0 Å². The van der Waals surface area contributed by atoms with Crippen molar-refractivity contribution >= 4 is 17.7 Å². The topological polar surface area (TPSA) is 63.7 Å². The Kier molecular flexibility index (Phi) is 4.52. The monoisotopic (exact) mass is 363 g/mol. The number of hydrogen-bond donors (Lipinski definition) is 0. The molecular formula is C22H21NO4. The van der Waals surface area contributed by atoms with E-state index in [-0.39, 0.29) is 30.5 Å². The standard InChI is InChI=1S/C22H21NO4/c24-19(16-6-2-1-3-7-16)10-11-20(25)23-14-12-22(13-15-23)18-9-5-4-8-17(18)21(26)27-22/h1-9H,10-15H2. The fraction of sp³-hybridized carbons (Fsp3) is 0.318. The molecule has 1 amide bonds. The number of benzene rings is 2. The highest BCUT2D eigenvalue weighted by Gasteiger charge is 2.47. The van der Waals surface area contributed by atoms with Gasteiger partial charge in [0.05, 0.1) is 5.56 Å². The Balaban J connectivity index is 1.35. The van der Waals surface area contributed by atoms with Crippen LogP contribution in [0.1, 0.15) is 52.0 Å². The van der Waals surface area contributed by atoms with Gasteiger partial charge >= 0.3 is 5.97 Å². The Morgan fingerprint density at radius 2 is 1.59 bits per heavy atom. The molecule has 0 unspecified atom stereocenters. The van der Waals surface area contributed by atoms with E-state index in [1.54, 1.807) is 23.1 Å². The highest BCUT2D eigenvalue weighted by atomic mass is 16.6. The maximum Gasteiger partial charge on any atom is 0.339 e. The van der Waals surface area contributed by atoms with Crippen LogP contribution in [0.15, 0.2) is 54.6 Å². The Hall–Kier alpha value is -2.95. The lowest BCUT2D eigenvalue weighted by Crippen LogP contribution is -2.45. The van der Waals surface area contributed by atoms with Crippen molar-refractivity contribution in [1.82, 2.24) is 4.90 Å². The third-order valence-corrected chi connectivity index (χ3v) is 5.51. The van der Waals surface area contributed by atoms with Crippen LogP contribution in [-0.4, -0.2) is 35.6 Å². The molecule has 0 aromatic heterocycles. The first-order chi connectivity index (χ1) is 13.1. The molecule has 1 fully saturated rings. The van der Waals surface area contributed by atoms with Crippen LogP contribution in [0.3, 0.4) is 0 Å². The van der Waals surface area contributed by atoms with Crippen LogP contribution in [-0.2, 0) is 15.1 Å². The van der Waals surface area contributed by atoms with Crippen LogP contribution in [0.25, 0.3) is 0 Å². The molecular weight excluding hydrogens is 342 g/mol. The van der Waals surface area contributed by atoms with E-state index in [9.17, 15) is 14.4 Å². The van der Waals surface area contributed by atoms with E-state index in [2.05, 4.69) is 0 Å². The number of nitrogens with zero attached hydrogens (tertiary/aromatic N) is 1. The fourth-order valence-electron chi connectivity index (χ4n) is 3.98. The van der Waals surface area contributed by atoms with Gasteiger partial charge in [-0.25, -0.2) is 4.79 Å². The zero-order valence-corrected chi connectivity index (χ0v) is 15.0. The van der Waals surface area contributed by atoms with E-state index in [4.69, 9.17) is 4.74 Å². The summed E-state index contributed by atoms with van der Waals surface area (Å²) in [7, 11) is 0. The molecule has 0 atom stereocenters. The van der Waals surface area contributed by atoms with Crippen molar-refractivity contribution in [1.29, 1.82) is 0 Å². The Labute approximate surface area is 157 Å². The first kappa shape index (κ1) is 17.5. The van der Waals surface area contributed by atoms with Crippen LogP contribution in [0.4, 0.5) is 0 Å². The van der Waals surface area contributed by atoms with Crippen LogP contribution in [0, 0.1) is 0 Å². The fourth-order valence-corrected chi connectivity index (χ4v) is 3.98. The zero-order chi connectivity index (χ0) is 18.9.